The van der Waals surface area contributed by atoms with E-state index in [-0.39, 0.29) is 23.3 Å². The molecule has 0 aromatic heterocycles. The van der Waals surface area contributed by atoms with Gasteiger partial charge >= 0.3 is 0 Å². The molecular weight excluding hydrogens is 372 g/mol. The molecule has 2 fully saturated rings. The Kier molecular flexibility index (Phi) is 7.91. The summed E-state index contributed by atoms with van der Waals surface area (Å²) < 4.78 is 24.5. The molecule has 1 aliphatic heterocycles. The molecule has 3 rings (SSSR count). The van der Waals surface area contributed by atoms with Crippen LogP contribution in [0.1, 0.15) is 68.9 Å². The Labute approximate surface area is 169 Å². The molecule has 0 radical (unpaired) electrons. The number of likely N-dealkylation sites (tertiary alicyclic amines) is 1. The maximum atomic E-state index is 12.3. The summed E-state index contributed by atoms with van der Waals surface area (Å²) in [5.41, 5.74) is 2.35. The van der Waals surface area contributed by atoms with E-state index in [0.717, 1.165) is 37.8 Å². The summed E-state index contributed by atoms with van der Waals surface area (Å²) in [6.45, 7) is 3.81. The first-order valence-corrected chi connectivity index (χ1v) is 12.5. The molecule has 0 atom stereocenters. The number of rotatable bonds is 8. The number of amides is 1. The highest BCUT2D eigenvalue weighted by molar-refractivity contribution is 7.92. The zero-order chi connectivity index (χ0) is 19.8. The molecule has 1 aliphatic carbocycles. The molecule has 28 heavy (non-hydrogen) atoms. The molecule has 1 heterocycles. The molecular formula is C22H34N2O3S. The van der Waals surface area contributed by atoms with Gasteiger partial charge in [-0.25, -0.2) is 8.42 Å². The third-order valence-corrected chi connectivity index (χ3v) is 8.30. The van der Waals surface area contributed by atoms with Gasteiger partial charge in [0.2, 0.25) is 5.91 Å². The fourth-order valence-electron chi connectivity index (χ4n) is 4.25. The average molecular weight is 407 g/mol. The molecule has 1 aromatic carbocycles. The summed E-state index contributed by atoms with van der Waals surface area (Å²) in [6, 6.07) is 8.39. The number of hydrogen-bond acceptors (Lipinski definition) is 4. The zero-order valence-electron chi connectivity index (χ0n) is 16.9. The molecule has 0 bridgehead atoms. The highest BCUT2D eigenvalue weighted by atomic mass is 32.2. The number of nitrogens with one attached hydrogen (secondary N) is 1. The minimum atomic E-state index is -3.13. The normalized spacial score (nSPS) is 19.4. The van der Waals surface area contributed by atoms with Crippen molar-refractivity contribution >= 4 is 15.7 Å². The summed E-state index contributed by atoms with van der Waals surface area (Å²) in [5.74, 6) is -0.214. The van der Waals surface area contributed by atoms with Crippen molar-refractivity contribution in [2.75, 3.05) is 18.8 Å². The van der Waals surface area contributed by atoms with Gasteiger partial charge in [-0.2, -0.15) is 0 Å². The topological polar surface area (TPSA) is 66.5 Å². The first-order chi connectivity index (χ1) is 13.5. The molecule has 156 valence electrons. The fourth-order valence-corrected chi connectivity index (χ4v) is 6.11. The van der Waals surface area contributed by atoms with Crippen LogP contribution in [-0.4, -0.2) is 43.3 Å². The van der Waals surface area contributed by atoms with E-state index in [4.69, 9.17) is 0 Å². The van der Waals surface area contributed by atoms with Crippen molar-refractivity contribution in [3.63, 3.8) is 0 Å². The zero-order valence-corrected chi connectivity index (χ0v) is 17.7. The van der Waals surface area contributed by atoms with Crippen molar-refractivity contribution in [1.82, 2.24) is 10.2 Å². The smallest absolute Gasteiger partial charge is 0.221 e. The van der Waals surface area contributed by atoms with Gasteiger partial charge in [-0.3, -0.25) is 9.69 Å². The lowest BCUT2D eigenvalue weighted by Crippen LogP contribution is -2.28. The van der Waals surface area contributed by atoms with Gasteiger partial charge in [0.15, 0.2) is 9.84 Å². The summed E-state index contributed by atoms with van der Waals surface area (Å²) in [7, 11) is -3.13. The molecule has 0 unspecified atom stereocenters. The van der Waals surface area contributed by atoms with Crippen LogP contribution in [-0.2, 0) is 27.7 Å². The SMILES string of the molecule is O=C(CCS(=O)(=O)C1CCCC1)NCc1ccc(CN2CCCCCC2)cc1. The fraction of sp³-hybridized carbons (Fsp3) is 0.682. The lowest BCUT2D eigenvalue weighted by molar-refractivity contribution is -0.120. The molecule has 1 saturated heterocycles. The van der Waals surface area contributed by atoms with Gasteiger partial charge in [0, 0.05) is 19.5 Å². The van der Waals surface area contributed by atoms with Crippen LogP contribution >= 0.6 is 0 Å². The van der Waals surface area contributed by atoms with Crippen LogP contribution in [0.2, 0.25) is 0 Å². The Morgan fingerprint density at radius 3 is 2.18 bits per heavy atom. The molecule has 1 saturated carbocycles. The summed E-state index contributed by atoms with van der Waals surface area (Å²) in [4.78, 5) is 14.6. The van der Waals surface area contributed by atoms with Gasteiger partial charge in [-0.05, 0) is 49.9 Å². The molecule has 1 amide bonds. The van der Waals surface area contributed by atoms with E-state index in [2.05, 4.69) is 34.5 Å². The van der Waals surface area contributed by atoms with E-state index in [1.807, 2.05) is 0 Å². The first kappa shape index (κ1) is 21.3. The average Bonchev–Trinajstić information content (AvgIpc) is 3.13. The number of hydrogen-bond donors (Lipinski definition) is 1. The second-order valence-electron chi connectivity index (χ2n) is 8.31. The van der Waals surface area contributed by atoms with Gasteiger partial charge in [-0.15, -0.1) is 0 Å². The summed E-state index contributed by atoms with van der Waals surface area (Å²) in [5, 5.41) is 2.63. The van der Waals surface area contributed by atoms with Crippen LogP contribution in [0.15, 0.2) is 24.3 Å². The maximum Gasteiger partial charge on any atom is 0.221 e. The van der Waals surface area contributed by atoms with Gasteiger partial charge < -0.3 is 5.32 Å². The van der Waals surface area contributed by atoms with Crippen molar-refractivity contribution in [2.24, 2.45) is 0 Å². The summed E-state index contributed by atoms with van der Waals surface area (Å²) >= 11 is 0. The Balaban J connectivity index is 1.39. The quantitative estimate of drug-likeness (QED) is 0.718. The third kappa shape index (κ3) is 6.59. The monoisotopic (exact) mass is 406 g/mol. The third-order valence-electron chi connectivity index (χ3n) is 6.04. The minimum Gasteiger partial charge on any atom is -0.352 e. The second-order valence-corrected chi connectivity index (χ2v) is 10.7. The predicted molar refractivity (Wildman–Crippen MR) is 113 cm³/mol. The molecule has 0 spiro atoms. The minimum absolute atomic E-state index is 0.0295. The van der Waals surface area contributed by atoms with E-state index in [0.29, 0.717) is 6.54 Å². The standard InChI is InChI=1S/C22H34N2O3S/c25-22(13-16-28(26,27)21-7-3-4-8-21)23-17-19-9-11-20(12-10-19)18-24-14-5-1-2-6-15-24/h9-12,21H,1-8,13-18H2,(H,23,25). The Hall–Kier alpha value is -1.40. The van der Waals surface area contributed by atoms with Crippen molar-refractivity contribution < 1.29 is 13.2 Å². The Morgan fingerprint density at radius 2 is 1.54 bits per heavy atom. The second kappa shape index (κ2) is 10.4. The maximum absolute atomic E-state index is 12.3. The lowest BCUT2D eigenvalue weighted by atomic mass is 10.1. The number of nitrogens with zero attached hydrogens (tertiary/aromatic N) is 1. The number of benzene rings is 1. The van der Waals surface area contributed by atoms with Crippen molar-refractivity contribution in [3.05, 3.63) is 35.4 Å². The van der Waals surface area contributed by atoms with Gasteiger partial charge in [0.1, 0.15) is 0 Å². The van der Waals surface area contributed by atoms with Gasteiger partial charge in [0.25, 0.3) is 0 Å². The van der Waals surface area contributed by atoms with Crippen LogP contribution in [0, 0.1) is 0 Å². The van der Waals surface area contributed by atoms with E-state index in [1.54, 1.807) is 0 Å². The van der Waals surface area contributed by atoms with Crippen LogP contribution in [0.5, 0.6) is 0 Å². The highest BCUT2D eigenvalue weighted by Crippen LogP contribution is 2.25. The van der Waals surface area contributed by atoms with Gasteiger partial charge in [-0.1, -0.05) is 49.9 Å². The first-order valence-electron chi connectivity index (χ1n) is 10.8. The molecule has 1 N–H and O–H groups in total. The van der Waals surface area contributed by atoms with E-state index in [1.165, 1.54) is 44.3 Å². The molecule has 6 heteroatoms. The van der Waals surface area contributed by atoms with Crippen molar-refractivity contribution in [2.45, 2.75) is 76.1 Å². The molecule has 1 aromatic rings. The van der Waals surface area contributed by atoms with E-state index in [9.17, 15) is 13.2 Å². The van der Waals surface area contributed by atoms with Crippen molar-refractivity contribution in [3.8, 4) is 0 Å². The van der Waals surface area contributed by atoms with E-state index < -0.39 is 9.84 Å². The van der Waals surface area contributed by atoms with Crippen LogP contribution in [0.3, 0.4) is 0 Å². The molecule has 2 aliphatic rings. The van der Waals surface area contributed by atoms with Crippen LogP contribution in [0.4, 0.5) is 0 Å². The summed E-state index contributed by atoms with van der Waals surface area (Å²) in [6.07, 6.45) is 8.83. The van der Waals surface area contributed by atoms with Crippen LogP contribution < -0.4 is 5.32 Å². The number of carbonyl (C=O) groups is 1. The Bertz CT molecular complexity index is 717. The molecule has 5 nitrogen and oxygen atoms in total. The van der Waals surface area contributed by atoms with Crippen molar-refractivity contribution in [1.29, 1.82) is 0 Å². The highest BCUT2D eigenvalue weighted by Gasteiger charge is 2.28. The van der Waals surface area contributed by atoms with Crippen LogP contribution in [0.25, 0.3) is 0 Å². The number of carbonyl (C=O) groups excluding carboxylic acids is 1. The largest absolute Gasteiger partial charge is 0.352 e. The lowest BCUT2D eigenvalue weighted by Gasteiger charge is -2.19. The van der Waals surface area contributed by atoms with Gasteiger partial charge in [0.05, 0.1) is 11.0 Å². The number of sulfone groups is 1. The Morgan fingerprint density at radius 1 is 0.929 bits per heavy atom. The van der Waals surface area contributed by atoms with E-state index >= 15 is 0 Å². The predicted octanol–water partition coefficient (Wildman–Crippen LogP) is 3.43.